The van der Waals surface area contributed by atoms with E-state index in [1.54, 1.807) is 31.4 Å². The summed E-state index contributed by atoms with van der Waals surface area (Å²) >= 11 is 0. The average molecular weight is 327 g/mol. The van der Waals surface area contributed by atoms with Crippen molar-refractivity contribution in [2.75, 3.05) is 13.7 Å². The van der Waals surface area contributed by atoms with Gasteiger partial charge in [-0.15, -0.1) is 0 Å². The number of ether oxygens (including phenoxy) is 2. The largest absolute Gasteiger partial charge is 0.497 e. The Bertz CT molecular complexity index is 685. The lowest BCUT2D eigenvalue weighted by Gasteiger charge is -2.14. The van der Waals surface area contributed by atoms with Crippen molar-refractivity contribution in [3.05, 3.63) is 65.7 Å². The molecular formula is C19H21NO4. The Hall–Kier alpha value is -2.82. The summed E-state index contributed by atoms with van der Waals surface area (Å²) < 4.78 is 10.1. The third-order valence-electron chi connectivity index (χ3n) is 3.52. The van der Waals surface area contributed by atoms with Gasteiger partial charge < -0.3 is 14.8 Å². The predicted molar refractivity (Wildman–Crippen MR) is 90.7 cm³/mol. The molecule has 0 bridgehead atoms. The number of carbonyl (C=O) groups excluding carboxylic acids is 2. The second-order valence-corrected chi connectivity index (χ2v) is 5.39. The van der Waals surface area contributed by atoms with E-state index in [1.807, 2.05) is 37.3 Å². The number of nitrogens with one attached hydrogen (secondary N) is 1. The Kier molecular flexibility index (Phi) is 6.37. The topological polar surface area (TPSA) is 64.6 Å². The standard InChI is InChI=1S/C19H21NO4/c1-14(16-8-4-3-5-9-16)20-18(21)13-24-19(22)12-15-7-6-10-17(11-15)23-2/h3-11,14H,12-13H2,1-2H3,(H,20,21). The molecule has 126 valence electrons. The van der Waals surface area contributed by atoms with Gasteiger partial charge in [-0.25, -0.2) is 0 Å². The molecule has 5 nitrogen and oxygen atoms in total. The SMILES string of the molecule is COc1cccc(CC(=O)OCC(=O)NC(C)c2ccccc2)c1. The summed E-state index contributed by atoms with van der Waals surface area (Å²) in [6.07, 6.45) is 0.0960. The number of benzene rings is 2. The summed E-state index contributed by atoms with van der Waals surface area (Å²) in [5.74, 6) is -0.106. The molecule has 0 fully saturated rings. The van der Waals surface area contributed by atoms with E-state index in [9.17, 15) is 9.59 Å². The van der Waals surface area contributed by atoms with Crippen LogP contribution in [-0.4, -0.2) is 25.6 Å². The Morgan fingerprint density at radius 2 is 1.83 bits per heavy atom. The maximum absolute atomic E-state index is 11.9. The number of hydrogen-bond donors (Lipinski definition) is 1. The van der Waals surface area contributed by atoms with Crippen molar-refractivity contribution >= 4 is 11.9 Å². The summed E-state index contributed by atoms with van der Waals surface area (Å²) in [4.78, 5) is 23.7. The summed E-state index contributed by atoms with van der Waals surface area (Å²) in [6.45, 7) is 1.59. The first-order chi connectivity index (χ1) is 11.6. The van der Waals surface area contributed by atoms with Gasteiger partial charge >= 0.3 is 5.97 Å². The molecule has 0 saturated heterocycles. The quantitative estimate of drug-likeness (QED) is 0.794. The van der Waals surface area contributed by atoms with Gasteiger partial charge in [-0.05, 0) is 30.2 Å². The minimum absolute atomic E-state index is 0.0960. The Morgan fingerprint density at radius 3 is 2.54 bits per heavy atom. The minimum Gasteiger partial charge on any atom is -0.497 e. The van der Waals surface area contributed by atoms with Crippen molar-refractivity contribution in [3.8, 4) is 5.75 Å². The normalized spacial score (nSPS) is 11.4. The van der Waals surface area contributed by atoms with E-state index in [1.165, 1.54) is 0 Å². The van der Waals surface area contributed by atoms with Crippen LogP contribution in [0.3, 0.4) is 0 Å². The van der Waals surface area contributed by atoms with Crippen molar-refractivity contribution < 1.29 is 19.1 Å². The van der Waals surface area contributed by atoms with Crippen LogP contribution in [0.1, 0.15) is 24.1 Å². The van der Waals surface area contributed by atoms with Gasteiger partial charge in [0.1, 0.15) is 5.75 Å². The molecule has 2 rings (SSSR count). The van der Waals surface area contributed by atoms with Crippen LogP contribution in [0.4, 0.5) is 0 Å². The molecule has 0 aliphatic heterocycles. The van der Waals surface area contributed by atoms with Crippen LogP contribution < -0.4 is 10.1 Å². The number of amides is 1. The lowest BCUT2D eigenvalue weighted by molar-refractivity contribution is -0.148. The molecule has 1 N–H and O–H groups in total. The summed E-state index contributed by atoms with van der Waals surface area (Å²) in [6, 6.07) is 16.6. The van der Waals surface area contributed by atoms with Gasteiger partial charge in [0.25, 0.3) is 5.91 Å². The highest BCUT2D eigenvalue weighted by Gasteiger charge is 2.12. The first kappa shape index (κ1) is 17.5. The molecule has 0 heterocycles. The number of esters is 1. The van der Waals surface area contributed by atoms with Crippen molar-refractivity contribution in [1.29, 1.82) is 0 Å². The Morgan fingerprint density at radius 1 is 1.08 bits per heavy atom. The summed E-state index contributed by atoms with van der Waals surface area (Å²) in [5, 5.41) is 2.80. The maximum atomic E-state index is 11.9. The lowest BCUT2D eigenvalue weighted by Crippen LogP contribution is -2.31. The van der Waals surface area contributed by atoms with Crippen molar-refractivity contribution in [2.45, 2.75) is 19.4 Å². The monoisotopic (exact) mass is 327 g/mol. The molecule has 2 aromatic rings. The number of rotatable bonds is 7. The van der Waals surface area contributed by atoms with Crippen LogP contribution in [-0.2, 0) is 20.7 Å². The van der Waals surface area contributed by atoms with Gasteiger partial charge in [0.15, 0.2) is 6.61 Å². The smallest absolute Gasteiger partial charge is 0.310 e. The molecule has 5 heteroatoms. The van der Waals surface area contributed by atoms with Crippen LogP contribution in [0.25, 0.3) is 0 Å². The first-order valence-electron chi connectivity index (χ1n) is 7.71. The minimum atomic E-state index is -0.453. The molecule has 0 radical (unpaired) electrons. The van der Waals surface area contributed by atoms with Crippen molar-refractivity contribution in [3.63, 3.8) is 0 Å². The molecule has 0 aliphatic carbocycles. The van der Waals surface area contributed by atoms with E-state index < -0.39 is 5.97 Å². The van der Waals surface area contributed by atoms with E-state index in [0.717, 1.165) is 11.1 Å². The van der Waals surface area contributed by atoms with E-state index in [-0.39, 0.29) is 25.0 Å². The zero-order chi connectivity index (χ0) is 17.4. The van der Waals surface area contributed by atoms with Crippen molar-refractivity contribution in [2.24, 2.45) is 0 Å². The first-order valence-corrected chi connectivity index (χ1v) is 7.71. The van der Waals surface area contributed by atoms with Crippen LogP contribution in [0.15, 0.2) is 54.6 Å². The van der Waals surface area contributed by atoms with Gasteiger partial charge in [0.05, 0.1) is 19.6 Å². The average Bonchev–Trinajstić information content (AvgIpc) is 2.61. The lowest BCUT2D eigenvalue weighted by atomic mass is 10.1. The van der Waals surface area contributed by atoms with Gasteiger partial charge in [-0.2, -0.15) is 0 Å². The second kappa shape index (κ2) is 8.72. The third-order valence-corrected chi connectivity index (χ3v) is 3.52. The molecule has 0 saturated carbocycles. The zero-order valence-electron chi connectivity index (χ0n) is 13.8. The fourth-order valence-electron chi connectivity index (χ4n) is 2.25. The number of hydrogen-bond acceptors (Lipinski definition) is 4. The molecule has 1 unspecified atom stereocenters. The third kappa shape index (κ3) is 5.43. The van der Waals surface area contributed by atoms with E-state index in [2.05, 4.69) is 5.32 Å². The Labute approximate surface area is 141 Å². The van der Waals surface area contributed by atoms with E-state index in [0.29, 0.717) is 5.75 Å². The fraction of sp³-hybridized carbons (Fsp3) is 0.263. The predicted octanol–water partition coefficient (Wildman–Crippen LogP) is 2.66. The van der Waals surface area contributed by atoms with E-state index >= 15 is 0 Å². The highest BCUT2D eigenvalue weighted by atomic mass is 16.5. The molecule has 1 amide bonds. The van der Waals surface area contributed by atoms with Gasteiger partial charge in [-0.1, -0.05) is 42.5 Å². The molecular weight excluding hydrogens is 306 g/mol. The van der Waals surface area contributed by atoms with Crippen LogP contribution in [0, 0.1) is 0 Å². The van der Waals surface area contributed by atoms with Gasteiger partial charge in [0.2, 0.25) is 0 Å². The maximum Gasteiger partial charge on any atom is 0.310 e. The highest BCUT2D eigenvalue weighted by Crippen LogP contribution is 2.13. The van der Waals surface area contributed by atoms with Gasteiger partial charge in [-0.3, -0.25) is 9.59 Å². The molecule has 24 heavy (non-hydrogen) atoms. The molecule has 0 spiro atoms. The molecule has 1 atom stereocenters. The summed E-state index contributed by atoms with van der Waals surface area (Å²) in [7, 11) is 1.57. The number of carbonyl (C=O) groups is 2. The second-order valence-electron chi connectivity index (χ2n) is 5.39. The summed E-state index contributed by atoms with van der Waals surface area (Å²) in [5.41, 5.74) is 1.77. The highest BCUT2D eigenvalue weighted by molar-refractivity contribution is 5.81. The molecule has 2 aromatic carbocycles. The molecule has 0 aromatic heterocycles. The zero-order valence-corrected chi connectivity index (χ0v) is 13.8. The van der Waals surface area contributed by atoms with Gasteiger partial charge in [0, 0.05) is 0 Å². The Balaban J connectivity index is 1.77. The molecule has 0 aliphatic rings. The van der Waals surface area contributed by atoms with Crippen LogP contribution in [0.2, 0.25) is 0 Å². The van der Waals surface area contributed by atoms with Crippen LogP contribution >= 0.6 is 0 Å². The van der Waals surface area contributed by atoms with Crippen LogP contribution in [0.5, 0.6) is 5.75 Å². The van der Waals surface area contributed by atoms with E-state index in [4.69, 9.17) is 9.47 Å². The fourth-order valence-corrected chi connectivity index (χ4v) is 2.25. The number of methoxy groups -OCH3 is 1. The van der Waals surface area contributed by atoms with Crippen molar-refractivity contribution in [1.82, 2.24) is 5.32 Å².